The Kier molecular flexibility index (Phi) is 5.04. The molecule has 0 radical (unpaired) electrons. The molecule has 2 aliphatic heterocycles. The molecule has 2 aliphatic rings. The second-order valence-electron chi connectivity index (χ2n) is 8.26. The van der Waals surface area contributed by atoms with Crippen molar-refractivity contribution in [2.24, 2.45) is 11.8 Å². The SMILES string of the molecule is CC(C)CCN(C)C(=O)C1CN(c2c3c(nc4ccnn24)CCNCC3)C1. The van der Waals surface area contributed by atoms with Crippen LogP contribution < -0.4 is 10.2 Å². The average Bonchev–Trinajstić information content (AvgIpc) is 2.94. The minimum absolute atomic E-state index is 0.0838. The van der Waals surface area contributed by atoms with Crippen molar-refractivity contribution in [3.63, 3.8) is 0 Å². The number of nitrogens with one attached hydrogen (secondary N) is 1. The summed E-state index contributed by atoms with van der Waals surface area (Å²) in [5, 5.41) is 7.97. The minimum atomic E-state index is 0.0838. The molecule has 4 rings (SSSR count). The molecule has 1 amide bonds. The maximum Gasteiger partial charge on any atom is 0.229 e. The molecule has 4 heterocycles. The van der Waals surface area contributed by atoms with E-state index in [-0.39, 0.29) is 11.8 Å². The molecule has 2 aromatic rings. The summed E-state index contributed by atoms with van der Waals surface area (Å²) in [6.07, 6.45) is 4.76. The van der Waals surface area contributed by atoms with E-state index in [2.05, 4.69) is 29.2 Å². The van der Waals surface area contributed by atoms with E-state index in [0.29, 0.717) is 5.92 Å². The second-order valence-corrected chi connectivity index (χ2v) is 8.26. The number of hydrogen-bond donors (Lipinski definition) is 1. The van der Waals surface area contributed by atoms with Gasteiger partial charge in [0.05, 0.1) is 17.8 Å². The summed E-state index contributed by atoms with van der Waals surface area (Å²) < 4.78 is 1.95. The lowest BCUT2D eigenvalue weighted by atomic mass is 9.96. The van der Waals surface area contributed by atoms with Gasteiger partial charge in [-0.3, -0.25) is 4.79 Å². The van der Waals surface area contributed by atoms with Gasteiger partial charge in [-0.1, -0.05) is 13.8 Å². The topological polar surface area (TPSA) is 65.8 Å². The molecule has 7 nitrogen and oxygen atoms in total. The van der Waals surface area contributed by atoms with Crippen LogP contribution in [0.25, 0.3) is 5.65 Å². The summed E-state index contributed by atoms with van der Waals surface area (Å²) in [5.41, 5.74) is 3.36. The van der Waals surface area contributed by atoms with E-state index in [1.165, 1.54) is 11.3 Å². The predicted molar refractivity (Wildman–Crippen MR) is 106 cm³/mol. The number of amides is 1. The first-order chi connectivity index (χ1) is 13.0. The Morgan fingerprint density at radius 3 is 2.89 bits per heavy atom. The number of fused-ring (bicyclic) bond motifs is 2. The Hall–Kier alpha value is -2.15. The number of anilines is 1. The second kappa shape index (κ2) is 7.46. The zero-order chi connectivity index (χ0) is 19.0. The molecular weight excluding hydrogens is 340 g/mol. The number of nitrogens with zero attached hydrogens (tertiary/aromatic N) is 5. The summed E-state index contributed by atoms with van der Waals surface area (Å²) in [6.45, 7) is 8.69. The van der Waals surface area contributed by atoms with Crippen LogP contribution in [-0.2, 0) is 17.6 Å². The van der Waals surface area contributed by atoms with Crippen LogP contribution in [-0.4, -0.2) is 65.2 Å². The molecule has 0 atom stereocenters. The molecule has 0 spiro atoms. The Bertz CT molecular complexity index is 823. The third-order valence-corrected chi connectivity index (χ3v) is 5.73. The molecule has 1 saturated heterocycles. The van der Waals surface area contributed by atoms with E-state index < -0.39 is 0 Å². The number of carbonyl (C=O) groups excluding carboxylic acids is 1. The molecule has 0 aromatic carbocycles. The van der Waals surface area contributed by atoms with Crippen LogP contribution >= 0.6 is 0 Å². The van der Waals surface area contributed by atoms with Crippen molar-refractivity contribution in [3.05, 3.63) is 23.5 Å². The van der Waals surface area contributed by atoms with E-state index in [1.807, 2.05) is 28.7 Å². The van der Waals surface area contributed by atoms with Crippen LogP contribution in [0.15, 0.2) is 12.3 Å². The Labute approximate surface area is 160 Å². The van der Waals surface area contributed by atoms with Crippen LogP contribution in [0.1, 0.15) is 31.5 Å². The molecule has 0 bridgehead atoms. The van der Waals surface area contributed by atoms with Crippen LogP contribution in [0.4, 0.5) is 5.82 Å². The van der Waals surface area contributed by atoms with Crippen molar-refractivity contribution in [2.75, 3.05) is 44.7 Å². The minimum Gasteiger partial charge on any atom is -0.354 e. The van der Waals surface area contributed by atoms with Crippen molar-refractivity contribution < 1.29 is 4.79 Å². The molecular formula is C20H30N6O. The first-order valence-corrected chi connectivity index (χ1v) is 10.1. The third kappa shape index (κ3) is 3.52. The van der Waals surface area contributed by atoms with Crippen molar-refractivity contribution in [3.8, 4) is 0 Å². The Balaban J connectivity index is 1.52. The highest BCUT2D eigenvalue weighted by atomic mass is 16.2. The molecule has 2 aromatic heterocycles. The third-order valence-electron chi connectivity index (χ3n) is 5.73. The maximum absolute atomic E-state index is 12.7. The van der Waals surface area contributed by atoms with E-state index in [4.69, 9.17) is 4.98 Å². The highest BCUT2D eigenvalue weighted by molar-refractivity contribution is 5.82. The zero-order valence-corrected chi connectivity index (χ0v) is 16.6. The van der Waals surface area contributed by atoms with Gasteiger partial charge in [-0.05, 0) is 25.3 Å². The number of aromatic nitrogens is 3. The average molecular weight is 371 g/mol. The van der Waals surface area contributed by atoms with Gasteiger partial charge < -0.3 is 15.1 Å². The van der Waals surface area contributed by atoms with Gasteiger partial charge in [-0.25, -0.2) is 4.98 Å². The summed E-state index contributed by atoms with van der Waals surface area (Å²) in [6, 6.07) is 1.96. The largest absolute Gasteiger partial charge is 0.354 e. The molecule has 0 unspecified atom stereocenters. The smallest absolute Gasteiger partial charge is 0.229 e. The first-order valence-electron chi connectivity index (χ1n) is 10.1. The Morgan fingerprint density at radius 2 is 2.11 bits per heavy atom. The quantitative estimate of drug-likeness (QED) is 0.861. The predicted octanol–water partition coefficient (Wildman–Crippen LogP) is 1.36. The van der Waals surface area contributed by atoms with Gasteiger partial charge in [0.15, 0.2) is 5.65 Å². The van der Waals surface area contributed by atoms with Gasteiger partial charge >= 0.3 is 0 Å². The number of rotatable bonds is 5. The first kappa shape index (κ1) is 18.2. The van der Waals surface area contributed by atoms with Crippen molar-refractivity contribution in [1.29, 1.82) is 0 Å². The van der Waals surface area contributed by atoms with Gasteiger partial charge in [-0.15, -0.1) is 0 Å². The number of hydrogen-bond acceptors (Lipinski definition) is 5. The van der Waals surface area contributed by atoms with Crippen LogP contribution in [0.2, 0.25) is 0 Å². The normalized spacial score (nSPS) is 17.7. The Morgan fingerprint density at radius 1 is 1.33 bits per heavy atom. The van der Waals surface area contributed by atoms with Gasteiger partial charge in [0.2, 0.25) is 5.91 Å². The highest BCUT2D eigenvalue weighted by Gasteiger charge is 2.37. The monoisotopic (exact) mass is 370 g/mol. The van der Waals surface area contributed by atoms with Gasteiger partial charge in [-0.2, -0.15) is 9.61 Å². The lowest BCUT2D eigenvalue weighted by molar-refractivity contribution is -0.135. The fourth-order valence-electron chi connectivity index (χ4n) is 4.02. The van der Waals surface area contributed by atoms with Crippen molar-refractivity contribution >= 4 is 17.4 Å². The fraction of sp³-hybridized carbons (Fsp3) is 0.650. The summed E-state index contributed by atoms with van der Waals surface area (Å²) in [4.78, 5) is 21.8. The standard InChI is InChI=1S/C20H30N6O/c1-14(2)7-11-24(3)20(27)15-12-25(13-15)19-16-4-8-21-9-5-17(16)23-18-6-10-22-26(18)19/h6,10,14-15,21H,4-5,7-9,11-13H2,1-3H3. The molecule has 0 saturated carbocycles. The van der Waals surface area contributed by atoms with Gasteiger partial charge in [0.25, 0.3) is 0 Å². The van der Waals surface area contributed by atoms with E-state index in [0.717, 1.165) is 63.5 Å². The fourth-order valence-corrected chi connectivity index (χ4v) is 4.02. The summed E-state index contributed by atoms with van der Waals surface area (Å²) in [7, 11) is 1.93. The molecule has 7 heteroatoms. The maximum atomic E-state index is 12.7. The summed E-state index contributed by atoms with van der Waals surface area (Å²) >= 11 is 0. The van der Waals surface area contributed by atoms with Crippen LogP contribution in [0.5, 0.6) is 0 Å². The molecule has 146 valence electrons. The zero-order valence-electron chi connectivity index (χ0n) is 16.6. The molecule has 1 N–H and O–H groups in total. The van der Waals surface area contributed by atoms with Crippen molar-refractivity contribution in [2.45, 2.75) is 33.1 Å². The van der Waals surface area contributed by atoms with Crippen LogP contribution in [0, 0.1) is 11.8 Å². The van der Waals surface area contributed by atoms with Crippen molar-refractivity contribution in [1.82, 2.24) is 24.8 Å². The molecule has 27 heavy (non-hydrogen) atoms. The molecule has 0 aliphatic carbocycles. The lowest BCUT2D eigenvalue weighted by Crippen LogP contribution is -2.55. The number of carbonyl (C=O) groups is 1. The highest BCUT2D eigenvalue weighted by Crippen LogP contribution is 2.32. The van der Waals surface area contributed by atoms with E-state index in [1.54, 1.807) is 0 Å². The van der Waals surface area contributed by atoms with Crippen LogP contribution in [0.3, 0.4) is 0 Å². The molecule has 1 fully saturated rings. The van der Waals surface area contributed by atoms with Gasteiger partial charge in [0.1, 0.15) is 5.82 Å². The summed E-state index contributed by atoms with van der Waals surface area (Å²) in [5.74, 6) is 2.11. The lowest BCUT2D eigenvalue weighted by Gasteiger charge is -2.42. The van der Waals surface area contributed by atoms with E-state index in [9.17, 15) is 4.79 Å². The van der Waals surface area contributed by atoms with Gasteiger partial charge in [0, 0.05) is 51.3 Å². The van der Waals surface area contributed by atoms with E-state index >= 15 is 0 Å².